The number of rotatable bonds is 8. The van der Waals surface area contributed by atoms with E-state index < -0.39 is 0 Å². The van der Waals surface area contributed by atoms with Gasteiger partial charge in [-0.3, -0.25) is 0 Å². The summed E-state index contributed by atoms with van der Waals surface area (Å²) in [4.78, 5) is 2.49. The SMILES string of the molecule is CCOC1CCCN(CCCOc2ccccc2CN)C1. The van der Waals surface area contributed by atoms with E-state index in [-0.39, 0.29) is 0 Å². The molecule has 118 valence electrons. The summed E-state index contributed by atoms with van der Waals surface area (Å²) < 4.78 is 11.6. The highest BCUT2D eigenvalue weighted by molar-refractivity contribution is 5.32. The van der Waals surface area contributed by atoms with E-state index in [4.69, 9.17) is 15.2 Å². The summed E-state index contributed by atoms with van der Waals surface area (Å²) >= 11 is 0. The lowest BCUT2D eigenvalue weighted by atomic mass is 10.1. The average Bonchev–Trinajstić information content (AvgIpc) is 2.53. The molecule has 0 amide bonds. The zero-order valence-corrected chi connectivity index (χ0v) is 13.1. The maximum atomic E-state index is 5.86. The second-order valence-electron chi connectivity index (χ2n) is 5.53. The van der Waals surface area contributed by atoms with E-state index in [0.717, 1.165) is 44.0 Å². The lowest BCUT2D eigenvalue weighted by molar-refractivity contribution is 0.00491. The molecule has 1 atom stereocenters. The van der Waals surface area contributed by atoms with Gasteiger partial charge in [-0.25, -0.2) is 0 Å². The molecule has 0 radical (unpaired) electrons. The zero-order chi connectivity index (χ0) is 14.9. The van der Waals surface area contributed by atoms with Crippen LogP contribution in [-0.4, -0.2) is 43.9 Å². The molecule has 1 unspecified atom stereocenters. The number of hydrogen-bond acceptors (Lipinski definition) is 4. The van der Waals surface area contributed by atoms with Crippen LogP contribution < -0.4 is 10.5 Å². The van der Waals surface area contributed by atoms with Gasteiger partial charge in [-0.2, -0.15) is 0 Å². The van der Waals surface area contributed by atoms with Crippen molar-refractivity contribution in [3.05, 3.63) is 29.8 Å². The Labute approximate surface area is 128 Å². The minimum absolute atomic E-state index is 0.419. The fraction of sp³-hybridized carbons (Fsp3) is 0.647. The predicted molar refractivity (Wildman–Crippen MR) is 85.5 cm³/mol. The summed E-state index contributed by atoms with van der Waals surface area (Å²) in [6.07, 6.45) is 3.90. The molecule has 0 aliphatic carbocycles. The summed E-state index contributed by atoms with van der Waals surface area (Å²) in [7, 11) is 0. The van der Waals surface area contributed by atoms with Gasteiger partial charge in [-0.1, -0.05) is 18.2 Å². The fourth-order valence-electron chi connectivity index (χ4n) is 2.87. The first-order valence-corrected chi connectivity index (χ1v) is 8.08. The molecule has 1 aromatic carbocycles. The van der Waals surface area contributed by atoms with Gasteiger partial charge in [-0.15, -0.1) is 0 Å². The molecule has 1 aromatic rings. The quantitative estimate of drug-likeness (QED) is 0.748. The third-order valence-electron chi connectivity index (χ3n) is 3.93. The van der Waals surface area contributed by atoms with Crippen molar-refractivity contribution in [2.45, 2.75) is 38.8 Å². The van der Waals surface area contributed by atoms with Crippen molar-refractivity contribution in [1.29, 1.82) is 0 Å². The number of nitrogens with two attached hydrogens (primary N) is 1. The van der Waals surface area contributed by atoms with Crippen molar-refractivity contribution < 1.29 is 9.47 Å². The van der Waals surface area contributed by atoms with Gasteiger partial charge in [0.05, 0.1) is 12.7 Å². The van der Waals surface area contributed by atoms with Crippen LogP contribution in [0.1, 0.15) is 31.7 Å². The van der Waals surface area contributed by atoms with Crippen molar-refractivity contribution in [1.82, 2.24) is 4.90 Å². The molecule has 0 spiro atoms. The van der Waals surface area contributed by atoms with Crippen LogP contribution >= 0.6 is 0 Å². The van der Waals surface area contributed by atoms with Gasteiger partial charge in [0.1, 0.15) is 5.75 Å². The summed E-state index contributed by atoms with van der Waals surface area (Å²) in [6.45, 7) is 7.48. The van der Waals surface area contributed by atoms with Gasteiger partial charge < -0.3 is 20.1 Å². The first kappa shape index (κ1) is 16.3. The van der Waals surface area contributed by atoms with Crippen molar-refractivity contribution in [2.75, 3.05) is 32.8 Å². The van der Waals surface area contributed by atoms with Crippen LogP contribution in [0.25, 0.3) is 0 Å². The van der Waals surface area contributed by atoms with Crippen LogP contribution in [0, 0.1) is 0 Å². The molecule has 1 fully saturated rings. The highest BCUT2D eigenvalue weighted by atomic mass is 16.5. The number of para-hydroxylation sites is 1. The number of nitrogens with zero attached hydrogens (tertiary/aromatic N) is 1. The summed E-state index contributed by atoms with van der Waals surface area (Å²) in [5.74, 6) is 0.922. The second-order valence-corrected chi connectivity index (χ2v) is 5.53. The van der Waals surface area contributed by atoms with E-state index in [2.05, 4.69) is 11.8 Å². The molecular weight excluding hydrogens is 264 g/mol. The first-order valence-electron chi connectivity index (χ1n) is 8.08. The number of piperidine rings is 1. The molecular formula is C17H28N2O2. The molecule has 1 heterocycles. The van der Waals surface area contributed by atoms with Crippen LogP contribution in [0.15, 0.2) is 24.3 Å². The lowest BCUT2D eigenvalue weighted by Gasteiger charge is -2.32. The summed E-state index contributed by atoms with van der Waals surface area (Å²) in [5.41, 5.74) is 6.79. The maximum absolute atomic E-state index is 5.86. The van der Waals surface area contributed by atoms with Crippen LogP contribution in [0.5, 0.6) is 5.75 Å². The monoisotopic (exact) mass is 292 g/mol. The third kappa shape index (κ3) is 5.30. The molecule has 4 heteroatoms. The van der Waals surface area contributed by atoms with E-state index >= 15 is 0 Å². The smallest absolute Gasteiger partial charge is 0.123 e. The highest BCUT2D eigenvalue weighted by Crippen LogP contribution is 2.17. The Morgan fingerprint density at radius 2 is 2.19 bits per heavy atom. The third-order valence-corrected chi connectivity index (χ3v) is 3.93. The minimum atomic E-state index is 0.419. The van der Waals surface area contributed by atoms with E-state index in [1.54, 1.807) is 0 Å². The molecule has 4 nitrogen and oxygen atoms in total. The normalized spacial score (nSPS) is 19.6. The van der Waals surface area contributed by atoms with Crippen LogP contribution in [0.4, 0.5) is 0 Å². The summed E-state index contributed by atoms with van der Waals surface area (Å²) in [6, 6.07) is 8.00. The molecule has 2 N–H and O–H groups in total. The second kappa shape index (κ2) is 9.03. The average molecular weight is 292 g/mol. The van der Waals surface area contributed by atoms with Gasteiger partial charge in [-0.05, 0) is 38.8 Å². The predicted octanol–water partition coefficient (Wildman–Crippen LogP) is 2.42. The van der Waals surface area contributed by atoms with Crippen molar-refractivity contribution in [3.63, 3.8) is 0 Å². The maximum Gasteiger partial charge on any atom is 0.123 e. The number of ether oxygens (including phenoxy) is 2. The fourth-order valence-corrected chi connectivity index (χ4v) is 2.87. The van der Waals surface area contributed by atoms with Gasteiger partial charge in [0.15, 0.2) is 0 Å². The molecule has 1 aliphatic heterocycles. The molecule has 1 saturated heterocycles. The topological polar surface area (TPSA) is 47.7 Å². The summed E-state index contributed by atoms with van der Waals surface area (Å²) in [5, 5.41) is 0. The largest absolute Gasteiger partial charge is 0.493 e. The number of benzene rings is 1. The Hall–Kier alpha value is -1.10. The van der Waals surface area contributed by atoms with Crippen molar-refractivity contribution in [3.8, 4) is 5.75 Å². The van der Waals surface area contributed by atoms with Crippen LogP contribution in [0.2, 0.25) is 0 Å². The van der Waals surface area contributed by atoms with E-state index in [1.807, 2.05) is 24.3 Å². The van der Waals surface area contributed by atoms with Crippen LogP contribution in [-0.2, 0) is 11.3 Å². The Kier molecular flexibility index (Phi) is 7.00. The molecule has 1 aliphatic rings. The molecule has 0 bridgehead atoms. The lowest BCUT2D eigenvalue weighted by Crippen LogP contribution is -2.40. The molecule has 21 heavy (non-hydrogen) atoms. The molecule has 2 rings (SSSR count). The van der Waals surface area contributed by atoms with Gasteiger partial charge in [0.2, 0.25) is 0 Å². The van der Waals surface area contributed by atoms with Gasteiger partial charge in [0.25, 0.3) is 0 Å². The van der Waals surface area contributed by atoms with E-state index in [9.17, 15) is 0 Å². The van der Waals surface area contributed by atoms with Gasteiger partial charge in [0, 0.05) is 31.8 Å². The number of likely N-dealkylation sites (tertiary alicyclic amines) is 1. The first-order chi connectivity index (χ1) is 10.3. The standard InChI is InChI=1S/C17H28N2O2/c1-2-20-16-8-5-10-19(14-16)11-6-12-21-17-9-4-3-7-15(17)13-18/h3-4,7,9,16H,2,5-6,8,10-14,18H2,1H3. The van der Waals surface area contributed by atoms with Gasteiger partial charge >= 0.3 is 0 Å². The van der Waals surface area contributed by atoms with E-state index in [1.165, 1.54) is 19.4 Å². The Bertz CT molecular complexity index is 410. The number of hydrogen-bond donors (Lipinski definition) is 1. The molecule has 0 aromatic heterocycles. The minimum Gasteiger partial charge on any atom is -0.493 e. The Balaban J connectivity index is 1.67. The Morgan fingerprint density at radius 3 is 3.00 bits per heavy atom. The van der Waals surface area contributed by atoms with E-state index in [0.29, 0.717) is 12.6 Å². The zero-order valence-electron chi connectivity index (χ0n) is 13.1. The highest BCUT2D eigenvalue weighted by Gasteiger charge is 2.19. The Morgan fingerprint density at radius 1 is 1.33 bits per heavy atom. The molecule has 0 saturated carbocycles. The van der Waals surface area contributed by atoms with Crippen molar-refractivity contribution in [2.24, 2.45) is 5.73 Å². The van der Waals surface area contributed by atoms with Crippen molar-refractivity contribution >= 4 is 0 Å². The van der Waals surface area contributed by atoms with Crippen LogP contribution in [0.3, 0.4) is 0 Å².